The average Bonchev–Trinajstić information content (AvgIpc) is 2.21. The third-order valence-electron chi connectivity index (χ3n) is 1.64. The summed E-state index contributed by atoms with van der Waals surface area (Å²) in [5, 5.41) is 8.48. The molecule has 0 rings (SSSR count). The molecule has 0 amide bonds. The zero-order chi connectivity index (χ0) is 11.8. The number of halogens is 1. The normalized spacial score (nSPS) is 11.9. The van der Waals surface area contributed by atoms with Crippen molar-refractivity contribution in [3.8, 4) is 0 Å². The number of carboxylic acid groups (broad SMARTS) is 1. The number of ether oxygens (including phenoxy) is 1. The fourth-order valence-electron chi connectivity index (χ4n) is 0.942. The van der Waals surface area contributed by atoms with E-state index in [9.17, 15) is 9.59 Å². The number of esters is 1. The molecule has 0 fully saturated rings. The lowest BCUT2D eigenvalue weighted by atomic mass is 10.1. The van der Waals surface area contributed by atoms with Gasteiger partial charge in [0.05, 0.1) is 12.2 Å². The van der Waals surface area contributed by atoms with Gasteiger partial charge >= 0.3 is 11.9 Å². The summed E-state index contributed by atoms with van der Waals surface area (Å²) in [5.74, 6) is -1.93. The fourth-order valence-corrected chi connectivity index (χ4v) is 1.17. The predicted octanol–water partition coefficient (Wildman–Crippen LogP) is 2.32. The molecule has 0 spiro atoms. The van der Waals surface area contributed by atoms with Crippen molar-refractivity contribution in [1.29, 1.82) is 0 Å². The fraction of sp³-hybridized carbons (Fsp3) is 0.600. The van der Waals surface area contributed by atoms with E-state index < -0.39 is 11.9 Å². The Morgan fingerprint density at radius 1 is 1.27 bits per heavy atom. The summed E-state index contributed by atoms with van der Waals surface area (Å²) < 4.78 is 4.74. The van der Waals surface area contributed by atoms with Gasteiger partial charge in [0.2, 0.25) is 0 Å². The van der Waals surface area contributed by atoms with E-state index in [0.717, 1.165) is 0 Å². The minimum absolute atomic E-state index is 0.0831. The summed E-state index contributed by atoms with van der Waals surface area (Å²) in [6.07, 6.45) is 1.54. The van der Waals surface area contributed by atoms with E-state index in [2.05, 4.69) is 0 Å². The highest BCUT2D eigenvalue weighted by Gasteiger charge is 2.19. The molecule has 15 heavy (non-hydrogen) atoms. The number of carbonyl (C=O) groups excluding carboxylic acids is 1. The number of aliphatic carboxylic acids is 1. The first-order chi connectivity index (χ1) is 7.04. The van der Waals surface area contributed by atoms with Crippen LogP contribution in [0.15, 0.2) is 10.6 Å². The van der Waals surface area contributed by atoms with Crippen LogP contribution in [0.1, 0.15) is 33.1 Å². The number of hydrogen-bond acceptors (Lipinski definition) is 3. The molecule has 0 bridgehead atoms. The van der Waals surface area contributed by atoms with E-state index in [-0.39, 0.29) is 23.6 Å². The Hall–Kier alpha value is -1.03. The van der Waals surface area contributed by atoms with Crippen LogP contribution < -0.4 is 0 Å². The van der Waals surface area contributed by atoms with Gasteiger partial charge < -0.3 is 9.84 Å². The second-order valence-corrected chi connectivity index (χ2v) is 3.36. The molecule has 0 saturated heterocycles. The first kappa shape index (κ1) is 14.0. The van der Waals surface area contributed by atoms with Crippen molar-refractivity contribution < 1.29 is 19.4 Å². The number of rotatable bonds is 6. The smallest absolute Gasteiger partial charge is 0.350 e. The molecule has 0 aromatic rings. The van der Waals surface area contributed by atoms with Gasteiger partial charge in [0.15, 0.2) is 0 Å². The summed E-state index contributed by atoms with van der Waals surface area (Å²) in [5.41, 5.74) is -0.0831. The predicted molar refractivity (Wildman–Crippen MR) is 56.7 cm³/mol. The largest absolute Gasteiger partial charge is 0.478 e. The van der Waals surface area contributed by atoms with Gasteiger partial charge in [-0.3, -0.25) is 0 Å². The summed E-state index contributed by atoms with van der Waals surface area (Å²) in [4.78, 5) is 22.0. The highest BCUT2D eigenvalue weighted by atomic mass is 35.5. The van der Waals surface area contributed by atoms with Crippen molar-refractivity contribution in [3.63, 3.8) is 0 Å². The topological polar surface area (TPSA) is 63.6 Å². The van der Waals surface area contributed by atoms with Crippen LogP contribution in [0.2, 0.25) is 0 Å². The maximum atomic E-state index is 11.2. The van der Waals surface area contributed by atoms with Gasteiger partial charge in [0.25, 0.3) is 0 Å². The van der Waals surface area contributed by atoms with Gasteiger partial charge in [-0.05, 0) is 12.8 Å². The molecule has 4 nitrogen and oxygen atoms in total. The van der Waals surface area contributed by atoms with E-state index in [1.165, 1.54) is 0 Å². The lowest BCUT2D eigenvalue weighted by molar-refractivity contribution is -0.139. The highest BCUT2D eigenvalue weighted by Crippen LogP contribution is 2.17. The van der Waals surface area contributed by atoms with E-state index in [4.69, 9.17) is 21.4 Å². The molecule has 0 saturated carbocycles. The van der Waals surface area contributed by atoms with Crippen molar-refractivity contribution in [2.45, 2.75) is 33.1 Å². The van der Waals surface area contributed by atoms with Gasteiger partial charge in [-0.25, -0.2) is 9.59 Å². The number of carboxylic acids is 1. The van der Waals surface area contributed by atoms with Gasteiger partial charge in [-0.1, -0.05) is 31.9 Å². The lowest BCUT2D eigenvalue weighted by Crippen LogP contribution is -2.11. The van der Waals surface area contributed by atoms with E-state index >= 15 is 0 Å². The first-order valence-electron chi connectivity index (χ1n) is 4.83. The van der Waals surface area contributed by atoms with Crippen LogP contribution in [0, 0.1) is 0 Å². The minimum atomic E-state index is -1.17. The summed E-state index contributed by atoms with van der Waals surface area (Å²) in [6, 6.07) is 0. The molecule has 0 heterocycles. The summed E-state index contributed by atoms with van der Waals surface area (Å²) in [6.45, 7) is 3.90. The molecule has 0 radical (unpaired) electrons. The summed E-state index contributed by atoms with van der Waals surface area (Å²) in [7, 11) is 0. The maximum absolute atomic E-state index is 11.2. The van der Waals surface area contributed by atoms with Crippen LogP contribution in [0.5, 0.6) is 0 Å². The molecule has 86 valence electrons. The van der Waals surface area contributed by atoms with Gasteiger partial charge in [0, 0.05) is 0 Å². The molecular formula is C10H15ClO4. The van der Waals surface area contributed by atoms with E-state index in [1.807, 2.05) is 13.8 Å². The second kappa shape index (κ2) is 7.29. The minimum Gasteiger partial charge on any atom is -0.478 e. The number of carbonyl (C=O) groups is 2. The van der Waals surface area contributed by atoms with Gasteiger partial charge in [-0.15, -0.1) is 0 Å². The average molecular weight is 235 g/mol. The molecule has 0 aliphatic heterocycles. The Kier molecular flexibility index (Phi) is 6.79. The van der Waals surface area contributed by atoms with Gasteiger partial charge in [-0.2, -0.15) is 0 Å². The van der Waals surface area contributed by atoms with E-state index in [0.29, 0.717) is 12.8 Å². The van der Waals surface area contributed by atoms with E-state index in [1.54, 1.807) is 0 Å². The standard InChI is InChI=1S/C10H15ClO4/c1-3-5-7(9(12)13)8(11)10(14)15-6-4-2/h3-6H2,1-2H3,(H,12,13). The van der Waals surface area contributed by atoms with Crippen molar-refractivity contribution in [3.05, 3.63) is 10.6 Å². The number of hydrogen-bond donors (Lipinski definition) is 1. The lowest BCUT2D eigenvalue weighted by Gasteiger charge is -2.05. The van der Waals surface area contributed by atoms with Crippen LogP contribution in [0.3, 0.4) is 0 Å². The summed E-state index contributed by atoms with van der Waals surface area (Å²) >= 11 is 5.63. The highest BCUT2D eigenvalue weighted by molar-refractivity contribution is 6.43. The maximum Gasteiger partial charge on any atom is 0.350 e. The zero-order valence-electron chi connectivity index (χ0n) is 8.88. The monoisotopic (exact) mass is 234 g/mol. The Bertz CT molecular complexity index is 271. The van der Waals surface area contributed by atoms with Crippen LogP contribution >= 0.6 is 11.6 Å². The molecular weight excluding hydrogens is 220 g/mol. The van der Waals surface area contributed by atoms with Gasteiger partial charge in [0.1, 0.15) is 5.03 Å². The molecule has 0 aliphatic carbocycles. The van der Waals surface area contributed by atoms with Crippen molar-refractivity contribution in [2.75, 3.05) is 6.61 Å². The Labute approximate surface area is 93.9 Å². The zero-order valence-corrected chi connectivity index (χ0v) is 9.63. The Balaban J connectivity index is 4.68. The Morgan fingerprint density at radius 2 is 1.87 bits per heavy atom. The Morgan fingerprint density at radius 3 is 2.27 bits per heavy atom. The quantitative estimate of drug-likeness (QED) is 0.566. The van der Waals surface area contributed by atoms with Crippen LogP contribution in [-0.4, -0.2) is 23.7 Å². The van der Waals surface area contributed by atoms with Crippen molar-refractivity contribution in [1.82, 2.24) is 0 Å². The van der Waals surface area contributed by atoms with Crippen molar-refractivity contribution in [2.24, 2.45) is 0 Å². The van der Waals surface area contributed by atoms with Crippen LogP contribution in [0.4, 0.5) is 0 Å². The SMILES string of the molecule is CCCOC(=O)C(Cl)=C(CCC)C(=O)O. The molecule has 0 atom stereocenters. The third-order valence-corrected chi connectivity index (χ3v) is 2.02. The third kappa shape index (κ3) is 4.83. The first-order valence-corrected chi connectivity index (χ1v) is 5.21. The molecule has 0 aromatic heterocycles. The van der Waals surface area contributed by atoms with Crippen molar-refractivity contribution >= 4 is 23.5 Å². The van der Waals surface area contributed by atoms with Crippen LogP contribution in [-0.2, 0) is 14.3 Å². The molecule has 0 aromatic carbocycles. The molecule has 5 heteroatoms. The molecule has 1 N–H and O–H groups in total. The molecule has 0 unspecified atom stereocenters. The molecule has 0 aliphatic rings. The van der Waals surface area contributed by atoms with Crippen LogP contribution in [0.25, 0.3) is 0 Å². The second-order valence-electron chi connectivity index (χ2n) is 2.98.